The van der Waals surface area contributed by atoms with Gasteiger partial charge in [-0.25, -0.2) is 4.98 Å². The van der Waals surface area contributed by atoms with Crippen molar-refractivity contribution in [1.82, 2.24) is 30.6 Å². The fraction of sp³-hybridized carbons (Fsp3) is 0.0769. The number of benzene rings is 1. The van der Waals surface area contributed by atoms with Gasteiger partial charge in [0.25, 0.3) is 5.56 Å². The van der Waals surface area contributed by atoms with Gasteiger partial charge in [0, 0.05) is 6.20 Å². The van der Waals surface area contributed by atoms with Crippen LogP contribution in [-0.2, 0) is 0 Å². The molecular formula is C13H10N8O. The summed E-state index contributed by atoms with van der Waals surface area (Å²) in [6.07, 6.45) is 2.79. The van der Waals surface area contributed by atoms with E-state index in [1.165, 1.54) is 12.5 Å². The summed E-state index contributed by atoms with van der Waals surface area (Å²) in [6, 6.07) is 5.48. The molecule has 0 unspecified atom stereocenters. The van der Waals surface area contributed by atoms with Crippen molar-refractivity contribution in [1.29, 1.82) is 5.26 Å². The van der Waals surface area contributed by atoms with Gasteiger partial charge in [-0.3, -0.25) is 4.79 Å². The maximum Gasteiger partial charge on any atom is 0.258 e. The Morgan fingerprint density at radius 1 is 1.45 bits per heavy atom. The first-order valence-corrected chi connectivity index (χ1v) is 6.28. The number of aromatic nitrogens is 6. The average molecular weight is 294 g/mol. The van der Waals surface area contributed by atoms with E-state index in [1.54, 1.807) is 12.1 Å². The standard InChI is InChI=1S/C13H10N8O/c1-7-2-3-9-11(16-6-17-13(9)22)10(7)15-5-8(4-14)12-18-20-21-19-12/h2-3,5-6,15H,1H3,(H,16,17,22)(H,18,19,20,21). The second-order valence-corrected chi connectivity index (χ2v) is 4.43. The Bertz CT molecular complexity index is 948. The number of nitrogens with zero attached hydrogens (tertiary/aromatic N) is 5. The Morgan fingerprint density at radius 3 is 3.05 bits per heavy atom. The van der Waals surface area contributed by atoms with Crippen LogP contribution in [0.1, 0.15) is 11.4 Å². The van der Waals surface area contributed by atoms with Gasteiger partial charge in [0.15, 0.2) is 0 Å². The van der Waals surface area contributed by atoms with E-state index in [9.17, 15) is 4.79 Å². The maximum atomic E-state index is 11.8. The largest absolute Gasteiger partial charge is 0.358 e. The fourth-order valence-corrected chi connectivity index (χ4v) is 1.99. The van der Waals surface area contributed by atoms with Gasteiger partial charge in [-0.2, -0.15) is 10.5 Å². The summed E-state index contributed by atoms with van der Waals surface area (Å²) < 4.78 is 0. The number of rotatable bonds is 3. The average Bonchev–Trinajstić information content (AvgIpc) is 3.04. The van der Waals surface area contributed by atoms with Crippen molar-refractivity contribution in [3.63, 3.8) is 0 Å². The monoisotopic (exact) mass is 294 g/mol. The van der Waals surface area contributed by atoms with Crippen molar-refractivity contribution in [2.75, 3.05) is 5.32 Å². The molecule has 0 aliphatic rings. The number of hydrogen-bond donors (Lipinski definition) is 3. The number of nitriles is 1. The topological polar surface area (TPSA) is 136 Å². The van der Waals surface area contributed by atoms with Crippen molar-refractivity contribution in [2.45, 2.75) is 6.92 Å². The van der Waals surface area contributed by atoms with Crippen molar-refractivity contribution in [2.24, 2.45) is 0 Å². The molecule has 2 heterocycles. The Labute approximate surface area is 123 Å². The highest BCUT2D eigenvalue weighted by molar-refractivity contribution is 5.92. The molecule has 2 aromatic heterocycles. The summed E-state index contributed by atoms with van der Waals surface area (Å²) in [6.45, 7) is 1.87. The summed E-state index contributed by atoms with van der Waals surface area (Å²) >= 11 is 0. The third kappa shape index (κ3) is 2.29. The van der Waals surface area contributed by atoms with Gasteiger partial charge in [0.1, 0.15) is 17.2 Å². The Kier molecular flexibility index (Phi) is 3.33. The normalized spacial score (nSPS) is 11.4. The molecule has 3 aromatic rings. The molecule has 9 nitrogen and oxygen atoms in total. The molecule has 1 aromatic carbocycles. The zero-order valence-corrected chi connectivity index (χ0v) is 11.5. The number of aryl methyl sites for hydroxylation is 1. The van der Waals surface area contributed by atoms with E-state index in [2.05, 4.69) is 35.9 Å². The minimum atomic E-state index is -0.226. The van der Waals surface area contributed by atoms with Crippen LogP contribution < -0.4 is 10.9 Å². The smallest absolute Gasteiger partial charge is 0.258 e. The minimum absolute atomic E-state index is 0.179. The van der Waals surface area contributed by atoms with Crippen LogP contribution in [0.3, 0.4) is 0 Å². The summed E-state index contributed by atoms with van der Waals surface area (Å²) in [5, 5.41) is 25.8. The van der Waals surface area contributed by atoms with Crippen LogP contribution in [0.5, 0.6) is 0 Å². The number of allylic oxidation sites excluding steroid dienone is 1. The Hall–Kier alpha value is -3.54. The highest BCUT2D eigenvalue weighted by Gasteiger charge is 2.09. The molecule has 0 amide bonds. The number of anilines is 1. The van der Waals surface area contributed by atoms with E-state index in [-0.39, 0.29) is 17.0 Å². The lowest BCUT2D eigenvalue weighted by Gasteiger charge is -2.08. The Balaban J connectivity index is 2.08. The molecule has 0 aliphatic carbocycles. The number of tetrazole rings is 1. The molecule has 0 saturated heterocycles. The molecule has 9 heteroatoms. The van der Waals surface area contributed by atoms with E-state index >= 15 is 0 Å². The molecule has 0 fully saturated rings. The SMILES string of the molecule is Cc1ccc2c(=O)[nH]cnc2c1NC=C(C#N)c1nn[nH]n1. The van der Waals surface area contributed by atoms with Gasteiger partial charge in [0.05, 0.1) is 17.4 Å². The first-order valence-electron chi connectivity index (χ1n) is 6.28. The molecule has 3 rings (SSSR count). The van der Waals surface area contributed by atoms with Crippen molar-refractivity contribution in [3.8, 4) is 6.07 Å². The van der Waals surface area contributed by atoms with Crippen molar-refractivity contribution in [3.05, 3.63) is 46.4 Å². The number of hydrogen-bond acceptors (Lipinski definition) is 7. The van der Waals surface area contributed by atoms with Crippen LogP contribution >= 0.6 is 0 Å². The van der Waals surface area contributed by atoms with E-state index in [4.69, 9.17) is 5.26 Å². The molecule has 0 spiro atoms. The highest BCUT2D eigenvalue weighted by atomic mass is 16.1. The van der Waals surface area contributed by atoms with E-state index in [1.807, 2.05) is 13.0 Å². The zero-order valence-electron chi connectivity index (χ0n) is 11.5. The molecule has 0 saturated carbocycles. The first-order chi connectivity index (χ1) is 10.7. The molecule has 22 heavy (non-hydrogen) atoms. The number of nitrogens with one attached hydrogen (secondary N) is 3. The van der Waals surface area contributed by atoms with Gasteiger partial charge in [0.2, 0.25) is 5.82 Å². The second kappa shape index (κ2) is 5.45. The van der Waals surface area contributed by atoms with Crippen LogP contribution in [0, 0.1) is 18.3 Å². The predicted molar refractivity (Wildman–Crippen MR) is 78.5 cm³/mol. The van der Waals surface area contributed by atoms with Crippen LogP contribution in [0.15, 0.2) is 29.5 Å². The van der Waals surface area contributed by atoms with Crippen molar-refractivity contribution >= 4 is 22.2 Å². The fourth-order valence-electron chi connectivity index (χ4n) is 1.99. The van der Waals surface area contributed by atoms with Gasteiger partial charge < -0.3 is 10.3 Å². The maximum absolute atomic E-state index is 11.8. The van der Waals surface area contributed by atoms with E-state index in [0.29, 0.717) is 16.6 Å². The van der Waals surface area contributed by atoms with E-state index in [0.717, 1.165) is 5.56 Å². The van der Waals surface area contributed by atoms with Gasteiger partial charge in [-0.15, -0.1) is 10.2 Å². The predicted octanol–water partition coefficient (Wildman–Crippen LogP) is 0.721. The lowest BCUT2D eigenvalue weighted by molar-refractivity contribution is 0.881. The van der Waals surface area contributed by atoms with Gasteiger partial charge >= 0.3 is 0 Å². The summed E-state index contributed by atoms with van der Waals surface area (Å²) in [5.74, 6) is 0.179. The molecule has 0 aliphatic heterocycles. The van der Waals surface area contributed by atoms with Crippen molar-refractivity contribution < 1.29 is 0 Å². The minimum Gasteiger partial charge on any atom is -0.358 e. The number of H-pyrrole nitrogens is 2. The zero-order chi connectivity index (χ0) is 15.5. The van der Waals surface area contributed by atoms with Gasteiger partial charge in [-0.1, -0.05) is 6.07 Å². The second-order valence-electron chi connectivity index (χ2n) is 4.43. The molecule has 0 atom stereocenters. The number of fused-ring (bicyclic) bond motifs is 1. The lowest BCUT2D eigenvalue weighted by Crippen LogP contribution is -2.08. The third-order valence-corrected chi connectivity index (χ3v) is 3.09. The summed E-state index contributed by atoms with van der Waals surface area (Å²) in [7, 11) is 0. The van der Waals surface area contributed by atoms with Crippen LogP contribution in [0.2, 0.25) is 0 Å². The Morgan fingerprint density at radius 2 is 2.32 bits per heavy atom. The molecule has 108 valence electrons. The first kappa shape index (κ1) is 13.4. The third-order valence-electron chi connectivity index (χ3n) is 3.09. The van der Waals surface area contributed by atoms with E-state index < -0.39 is 0 Å². The van der Waals surface area contributed by atoms with Crippen LogP contribution in [0.25, 0.3) is 16.5 Å². The molecule has 0 bridgehead atoms. The van der Waals surface area contributed by atoms with Gasteiger partial charge in [-0.05, 0) is 23.8 Å². The molecule has 3 N–H and O–H groups in total. The summed E-state index contributed by atoms with van der Waals surface area (Å²) in [4.78, 5) is 18.5. The quantitative estimate of drug-likeness (QED) is 0.605. The van der Waals surface area contributed by atoms with Crippen LogP contribution in [-0.4, -0.2) is 30.6 Å². The highest BCUT2D eigenvalue weighted by Crippen LogP contribution is 2.23. The lowest BCUT2D eigenvalue weighted by atomic mass is 10.1. The van der Waals surface area contributed by atoms with Crippen LogP contribution in [0.4, 0.5) is 5.69 Å². The molecular weight excluding hydrogens is 284 g/mol. The number of aromatic amines is 2. The molecule has 0 radical (unpaired) electrons. The summed E-state index contributed by atoms with van der Waals surface area (Å²) in [5.41, 5.74) is 2.02.